The van der Waals surface area contributed by atoms with Gasteiger partial charge >= 0.3 is 6.18 Å². The zero-order chi connectivity index (χ0) is 21.8. The highest BCUT2D eigenvalue weighted by Gasteiger charge is 2.50. The minimum Gasteiger partial charge on any atom is -0.284 e. The molecular formula is C22H15ClF3N3OS. The van der Waals surface area contributed by atoms with Gasteiger partial charge in [0.25, 0.3) is 5.91 Å². The molecule has 4 nitrogen and oxygen atoms in total. The summed E-state index contributed by atoms with van der Waals surface area (Å²) in [7, 11) is 0. The second-order valence-corrected chi connectivity index (χ2v) is 8.70. The lowest BCUT2D eigenvalue weighted by molar-refractivity contribution is -0.174. The Morgan fingerprint density at radius 2 is 1.77 bits per heavy atom. The van der Waals surface area contributed by atoms with Crippen molar-refractivity contribution in [3.8, 4) is 0 Å². The van der Waals surface area contributed by atoms with Crippen molar-refractivity contribution in [2.24, 2.45) is 0 Å². The van der Waals surface area contributed by atoms with E-state index in [1.54, 1.807) is 30.3 Å². The van der Waals surface area contributed by atoms with Crippen LogP contribution in [0.1, 0.15) is 33.7 Å². The number of halogens is 4. The summed E-state index contributed by atoms with van der Waals surface area (Å²) in [5.74, 6) is -0.344. The molecule has 0 saturated carbocycles. The molecule has 0 radical (unpaired) electrons. The number of anilines is 1. The van der Waals surface area contributed by atoms with Crippen LogP contribution in [0.5, 0.6) is 0 Å². The number of carbonyl (C=O) groups is 1. The average Bonchev–Trinajstić information content (AvgIpc) is 3.37. The van der Waals surface area contributed by atoms with Crippen molar-refractivity contribution in [1.82, 2.24) is 9.78 Å². The molecule has 1 amide bonds. The van der Waals surface area contributed by atoms with E-state index in [2.05, 4.69) is 5.10 Å². The molecule has 0 spiro atoms. The Balaban J connectivity index is 1.68. The molecular weight excluding hydrogens is 447 g/mol. The van der Waals surface area contributed by atoms with Crippen molar-refractivity contribution in [3.63, 3.8) is 0 Å². The van der Waals surface area contributed by atoms with Crippen LogP contribution in [-0.4, -0.2) is 21.9 Å². The molecule has 5 rings (SSSR count). The first kappa shape index (κ1) is 20.1. The summed E-state index contributed by atoms with van der Waals surface area (Å²) in [4.78, 5) is 15.4. The summed E-state index contributed by atoms with van der Waals surface area (Å²) < 4.78 is 43.3. The van der Waals surface area contributed by atoms with Gasteiger partial charge < -0.3 is 0 Å². The number of thiophene rings is 1. The minimum atomic E-state index is -4.50. The molecule has 0 aliphatic carbocycles. The largest absolute Gasteiger partial charge is 0.410 e. The van der Waals surface area contributed by atoms with Gasteiger partial charge in [-0.15, -0.1) is 11.3 Å². The van der Waals surface area contributed by atoms with Crippen LogP contribution in [0.25, 0.3) is 10.1 Å². The Labute approximate surface area is 184 Å². The van der Waals surface area contributed by atoms with Crippen LogP contribution in [0.15, 0.2) is 66.9 Å². The number of carbonyl (C=O) groups excluding carboxylic acids is 1. The average molecular weight is 462 g/mol. The van der Waals surface area contributed by atoms with Gasteiger partial charge in [0.15, 0.2) is 6.04 Å². The van der Waals surface area contributed by atoms with Gasteiger partial charge in [-0.3, -0.25) is 9.69 Å². The zero-order valence-electron chi connectivity index (χ0n) is 15.9. The van der Waals surface area contributed by atoms with Gasteiger partial charge in [-0.05, 0) is 11.6 Å². The van der Waals surface area contributed by atoms with Crippen LogP contribution in [0.4, 0.5) is 19.0 Å². The number of nitrogens with zero attached hydrogens (tertiary/aromatic N) is 3. The maximum atomic E-state index is 13.9. The quantitative estimate of drug-likeness (QED) is 0.335. The van der Waals surface area contributed by atoms with Crippen molar-refractivity contribution < 1.29 is 18.0 Å². The van der Waals surface area contributed by atoms with Gasteiger partial charge in [-0.2, -0.15) is 18.3 Å². The fourth-order valence-electron chi connectivity index (χ4n) is 4.05. The Bertz CT molecular complexity index is 1270. The fourth-order valence-corrected chi connectivity index (χ4v) is 5.50. The topological polar surface area (TPSA) is 38.1 Å². The number of hydrogen-bond donors (Lipinski definition) is 0. The molecule has 1 aliphatic rings. The van der Waals surface area contributed by atoms with E-state index < -0.39 is 24.2 Å². The SMILES string of the molecule is O=C(c1sc2ccccc2c1Cl)N1c2ccnn2C(C(F)(F)F)CC1c1ccccc1. The second kappa shape index (κ2) is 7.39. The molecule has 0 fully saturated rings. The maximum Gasteiger partial charge on any atom is 0.410 e. The van der Waals surface area contributed by atoms with E-state index in [1.807, 2.05) is 24.3 Å². The van der Waals surface area contributed by atoms with Crippen LogP contribution in [0.2, 0.25) is 5.02 Å². The van der Waals surface area contributed by atoms with Crippen LogP contribution in [0, 0.1) is 0 Å². The van der Waals surface area contributed by atoms with Gasteiger partial charge in [0, 0.05) is 22.6 Å². The van der Waals surface area contributed by atoms with E-state index in [0.29, 0.717) is 15.5 Å². The van der Waals surface area contributed by atoms with Crippen molar-refractivity contribution in [3.05, 3.63) is 82.3 Å². The second-order valence-electron chi connectivity index (χ2n) is 7.27. The highest BCUT2D eigenvalue weighted by atomic mass is 35.5. The van der Waals surface area contributed by atoms with Crippen molar-refractivity contribution >= 4 is 44.7 Å². The van der Waals surface area contributed by atoms with Crippen LogP contribution >= 0.6 is 22.9 Å². The lowest BCUT2D eigenvalue weighted by Gasteiger charge is -2.40. The number of aromatic nitrogens is 2. The smallest absolute Gasteiger partial charge is 0.284 e. The lowest BCUT2D eigenvalue weighted by atomic mass is 9.95. The predicted octanol–water partition coefficient (Wildman–Crippen LogP) is 6.65. The van der Waals surface area contributed by atoms with E-state index in [-0.39, 0.29) is 12.2 Å². The molecule has 2 aromatic heterocycles. The van der Waals surface area contributed by atoms with Crippen molar-refractivity contribution in [2.45, 2.75) is 24.7 Å². The molecule has 0 N–H and O–H groups in total. The third-order valence-corrected chi connectivity index (χ3v) is 7.12. The van der Waals surface area contributed by atoms with E-state index in [0.717, 1.165) is 14.8 Å². The Hall–Kier alpha value is -2.84. The third-order valence-electron chi connectivity index (χ3n) is 5.46. The monoisotopic (exact) mass is 461 g/mol. The van der Waals surface area contributed by atoms with E-state index in [1.165, 1.54) is 28.5 Å². The number of fused-ring (bicyclic) bond motifs is 2. The van der Waals surface area contributed by atoms with Gasteiger partial charge in [-0.25, -0.2) is 4.68 Å². The normalized spacial score (nSPS) is 18.9. The van der Waals surface area contributed by atoms with E-state index in [4.69, 9.17) is 11.6 Å². The fraction of sp³-hybridized carbons (Fsp3) is 0.182. The summed E-state index contributed by atoms with van der Waals surface area (Å²) in [6, 6.07) is 14.9. The predicted molar refractivity (Wildman–Crippen MR) is 115 cm³/mol. The molecule has 4 aromatic rings. The highest BCUT2D eigenvalue weighted by Crippen LogP contribution is 2.48. The molecule has 2 atom stereocenters. The molecule has 158 valence electrons. The summed E-state index contributed by atoms with van der Waals surface area (Å²) in [6.07, 6.45) is -3.55. The summed E-state index contributed by atoms with van der Waals surface area (Å²) >= 11 is 7.76. The number of rotatable bonds is 2. The van der Waals surface area contributed by atoms with Crippen molar-refractivity contribution in [2.75, 3.05) is 4.90 Å². The molecule has 9 heteroatoms. The van der Waals surface area contributed by atoms with Crippen LogP contribution in [0.3, 0.4) is 0 Å². The highest BCUT2D eigenvalue weighted by molar-refractivity contribution is 7.21. The van der Waals surface area contributed by atoms with Gasteiger partial charge in [0.2, 0.25) is 0 Å². The minimum absolute atomic E-state index is 0.0981. The van der Waals surface area contributed by atoms with Crippen molar-refractivity contribution in [1.29, 1.82) is 0 Å². The van der Waals surface area contributed by atoms with Gasteiger partial charge in [0.05, 0.1) is 17.3 Å². The van der Waals surface area contributed by atoms with Crippen LogP contribution < -0.4 is 4.90 Å². The molecule has 0 saturated heterocycles. The molecule has 2 aromatic carbocycles. The maximum absolute atomic E-state index is 13.9. The Morgan fingerprint density at radius 3 is 2.48 bits per heavy atom. The summed E-state index contributed by atoms with van der Waals surface area (Å²) in [5, 5.41) is 4.95. The Morgan fingerprint density at radius 1 is 1.06 bits per heavy atom. The summed E-state index contributed by atoms with van der Waals surface area (Å²) in [5.41, 5.74) is 0.620. The molecule has 3 heterocycles. The number of alkyl halides is 3. The molecule has 1 aliphatic heterocycles. The molecule has 0 bridgehead atoms. The first-order valence-corrected chi connectivity index (χ1v) is 10.7. The first-order valence-electron chi connectivity index (χ1n) is 9.52. The zero-order valence-corrected chi connectivity index (χ0v) is 17.5. The van der Waals surface area contributed by atoms with Gasteiger partial charge in [0.1, 0.15) is 10.7 Å². The molecule has 31 heavy (non-hydrogen) atoms. The standard InChI is InChI=1S/C22H15ClF3N3OS/c23-19-14-8-4-5-9-16(14)31-20(19)21(30)28-15(13-6-2-1-3-7-13)12-17(22(24,25)26)29-18(28)10-11-27-29/h1-11,15,17H,12H2. The number of amides is 1. The lowest BCUT2D eigenvalue weighted by Crippen LogP contribution is -2.45. The van der Waals surface area contributed by atoms with Crippen LogP contribution in [-0.2, 0) is 0 Å². The first-order chi connectivity index (χ1) is 14.9. The van der Waals surface area contributed by atoms with E-state index in [9.17, 15) is 18.0 Å². The Kier molecular flexibility index (Phi) is 4.79. The number of hydrogen-bond acceptors (Lipinski definition) is 3. The summed E-state index contributed by atoms with van der Waals surface area (Å²) in [6.45, 7) is 0. The molecule has 2 unspecified atom stereocenters. The number of benzene rings is 2. The van der Waals surface area contributed by atoms with E-state index >= 15 is 0 Å². The van der Waals surface area contributed by atoms with Gasteiger partial charge in [-0.1, -0.05) is 60.1 Å². The third kappa shape index (κ3) is 3.30.